The van der Waals surface area contributed by atoms with Gasteiger partial charge in [0.1, 0.15) is 5.82 Å². The highest BCUT2D eigenvalue weighted by Gasteiger charge is 1.98. The maximum atomic E-state index is 8.94. The van der Waals surface area contributed by atoms with Gasteiger partial charge in [0.15, 0.2) is 0 Å². The molecule has 1 heterocycles. The lowest BCUT2D eigenvalue weighted by Gasteiger charge is -2.06. The van der Waals surface area contributed by atoms with Gasteiger partial charge < -0.3 is 10.4 Å². The first-order chi connectivity index (χ1) is 5.88. The van der Waals surface area contributed by atoms with Gasteiger partial charge in [0.05, 0.1) is 6.61 Å². The van der Waals surface area contributed by atoms with Crippen molar-refractivity contribution in [3.63, 3.8) is 0 Å². The van der Waals surface area contributed by atoms with E-state index in [1.54, 1.807) is 6.20 Å². The maximum absolute atomic E-state index is 8.94. The molecule has 0 aromatic carbocycles. The van der Waals surface area contributed by atoms with Crippen LogP contribution in [-0.2, 0) is 6.61 Å². The molecule has 0 bridgehead atoms. The quantitative estimate of drug-likeness (QED) is 0.710. The summed E-state index contributed by atoms with van der Waals surface area (Å²) in [5.74, 6) is 0.793. The minimum absolute atomic E-state index is 0.0416. The number of nitrogens with zero attached hydrogens (tertiary/aromatic N) is 1. The summed E-state index contributed by atoms with van der Waals surface area (Å²) in [7, 11) is 0. The number of rotatable bonds is 4. The van der Waals surface area contributed by atoms with E-state index in [0.717, 1.165) is 24.3 Å². The van der Waals surface area contributed by atoms with Gasteiger partial charge in [0, 0.05) is 18.3 Å². The summed E-state index contributed by atoms with van der Waals surface area (Å²) in [5, 5.41) is 12.1. The average Bonchev–Trinajstić information content (AvgIpc) is 2.15. The van der Waals surface area contributed by atoms with Crippen LogP contribution < -0.4 is 5.32 Å². The lowest BCUT2D eigenvalue weighted by molar-refractivity contribution is 0.282. The Balaban J connectivity index is 2.68. The van der Waals surface area contributed by atoms with Crippen molar-refractivity contribution in [2.24, 2.45) is 0 Å². The second kappa shape index (κ2) is 4.72. The Kier molecular flexibility index (Phi) is 3.54. The summed E-state index contributed by atoms with van der Waals surface area (Å²) in [6.07, 6.45) is 2.78. The number of aromatic nitrogens is 1. The number of hydrogen-bond acceptors (Lipinski definition) is 3. The van der Waals surface area contributed by atoms with Gasteiger partial charge in [-0.05, 0) is 12.5 Å². The molecule has 0 saturated carbocycles. The average molecular weight is 166 g/mol. The van der Waals surface area contributed by atoms with Gasteiger partial charge in [-0.2, -0.15) is 0 Å². The molecular weight excluding hydrogens is 152 g/mol. The second-order valence-electron chi connectivity index (χ2n) is 2.60. The zero-order valence-electron chi connectivity index (χ0n) is 7.25. The molecule has 0 spiro atoms. The van der Waals surface area contributed by atoms with Gasteiger partial charge in [0.2, 0.25) is 0 Å². The van der Waals surface area contributed by atoms with Crippen molar-refractivity contribution in [1.29, 1.82) is 0 Å². The van der Waals surface area contributed by atoms with Gasteiger partial charge in [-0.3, -0.25) is 0 Å². The van der Waals surface area contributed by atoms with Gasteiger partial charge in [-0.25, -0.2) is 4.98 Å². The van der Waals surface area contributed by atoms with Gasteiger partial charge in [-0.15, -0.1) is 0 Å². The molecule has 1 aromatic rings. The monoisotopic (exact) mass is 166 g/mol. The van der Waals surface area contributed by atoms with Crippen molar-refractivity contribution in [1.82, 2.24) is 4.98 Å². The van der Waals surface area contributed by atoms with Crippen LogP contribution in [0.2, 0.25) is 0 Å². The Morgan fingerprint density at radius 1 is 1.58 bits per heavy atom. The fourth-order valence-electron chi connectivity index (χ4n) is 0.969. The number of aliphatic hydroxyl groups excluding tert-OH is 1. The zero-order chi connectivity index (χ0) is 8.81. The van der Waals surface area contributed by atoms with E-state index in [0.29, 0.717) is 0 Å². The van der Waals surface area contributed by atoms with Crippen LogP contribution in [0.4, 0.5) is 5.82 Å². The van der Waals surface area contributed by atoms with E-state index < -0.39 is 0 Å². The summed E-state index contributed by atoms with van der Waals surface area (Å²) in [4.78, 5) is 4.12. The van der Waals surface area contributed by atoms with Crippen LogP contribution >= 0.6 is 0 Å². The first-order valence-electron chi connectivity index (χ1n) is 4.17. The molecule has 0 aliphatic heterocycles. The predicted molar refractivity (Wildman–Crippen MR) is 48.9 cm³/mol. The topological polar surface area (TPSA) is 45.2 Å². The SMILES string of the molecule is CCCNc1ncccc1CO. The standard InChI is InChI=1S/C9H14N2O/c1-2-5-10-9-8(7-12)4-3-6-11-9/h3-4,6,12H,2,5,7H2,1H3,(H,10,11). The van der Waals surface area contributed by atoms with Crippen molar-refractivity contribution < 1.29 is 5.11 Å². The van der Waals surface area contributed by atoms with Gasteiger partial charge >= 0.3 is 0 Å². The van der Waals surface area contributed by atoms with Gasteiger partial charge in [0.25, 0.3) is 0 Å². The van der Waals surface area contributed by atoms with E-state index in [-0.39, 0.29) is 6.61 Å². The summed E-state index contributed by atoms with van der Waals surface area (Å²) in [5.41, 5.74) is 0.853. The summed E-state index contributed by atoms with van der Waals surface area (Å²) in [6.45, 7) is 3.03. The summed E-state index contributed by atoms with van der Waals surface area (Å²) >= 11 is 0. The highest BCUT2D eigenvalue weighted by molar-refractivity contribution is 5.42. The largest absolute Gasteiger partial charge is 0.392 e. The molecule has 0 saturated heterocycles. The van der Waals surface area contributed by atoms with Crippen molar-refractivity contribution in [3.05, 3.63) is 23.9 Å². The van der Waals surface area contributed by atoms with Crippen LogP contribution in [0.1, 0.15) is 18.9 Å². The van der Waals surface area contributed by atoms with Crippen LogP contribution in [0.5, 0.6) is 0 Å². The molecule has 0 fully saturated rings. The van der Waals surface area contributed by atoms with Crippen molar-refractivity contribution in [2.75, 3.05) is 11.9 Å². The van der Waals surface area contributed by atoms with E-state index in [1.807, 2.05) is 12.1 Å². The van der Waals surface area contributed by atoms with E-state index >= 15 is 0 Å². The maximum Gasteiger partial charge on any atom is 0.131 e. The highest BCUT2D eigenvalue weighted by Crippen LogP contribution is 2.10. The van der Waals surface area contributed by atoms with E-state index in [4.69, 9.17) is 5.11 Å². The van der Waals surface area contributed by atoms with E-state index in [1.165, 1.54) is 0 Å². The van der Waals surface area contributed by atoms with Crippen LogP contribution in [0.15, 0.2) is 18.3 Å². The zero-order valence-corrected chi connectivity index (χ0v) is 7.25. The molecule has 0 unspecified atom stereocenters. The van der Waals surface area contributed by atoms with E-state index in [2.05, 4.69) is 17.2 Å². The van der Waals surface area contributed by atoms with Gasteiger partial charge in [-0.1, -0.05) is 13.0 Å². The third-order valence-corrected chi connectivity index (χ3v) is 1.60. The molecule has 12 heavy (non-hydrogen) atoms. The molecule has 0 aliphatic carbocycles. The first kappa shape index (κ1) is 9.00. The fourth-order valence-corrected chi connectivity index (χ4v) is 0.969. The summed E-state index contributed by atoms with van der Waals surface area (Å²) < 4.78 is 0. The molecule has 66 valence electrons. The van der Waals surface area contributed by atoms with Crippen LogP contribution in [-0.4, -0.2) is 16.6 Å². The first-order valence-corrected chi connectivity index (χ1v) is 4.17. The normalized spacial score (nSPS) is 9.83. The Labute approximate surface area is 72.5 Å². The van der Waals surface area contributed by atoms with Crippen LogP contribution in [0, 0.1) is 0 Å². The molecule has 0 amide bonds. The van der Waals surface area contributed by atoms with Crippen molar-refractivity contribution in [2.45, 2.75) is 20.0 Å². The molecule has 3 nitrogen and oxygen atoms in total. The number of aliphatic hydroxyl groups is 1. The van der Waals surface area contributed by atoms with Crippen molar-refractivity contribution in [3.8, 4) is 0 Å². The smallest absolute Gasteiger partial charge is 0.131 e. The van der Waals surface area contributed by atoms with Crippen molar-refractivity contribution >= 4 is 5.82 Å². The summed E-state index contributed by atoms with van der Waals surface area (Å²) in [6, 6.07) is 3.69. The van der Waals surface area contributed by atoms with Crippen LogP contribution in [0.25, 0.3) is 0 Å². The molecule has 0 aliphatic rings. The Hall–Kier alpha value is -1.09. The second-order valence-corrected chi connectivity index (χ2v) is 2.60. The van der Waals surface area contributed by atoms with Crippen LogP contribution in [0.3, 0.4) is 0 Å². The number of anilines is 1. The lowest BCUT2D eigenvalue weighted by Crippen LogP contribution is -2.04. The molecule has 0 atom stereocenters. The fraction of sp³-hybridized carbons (Fsp3) is 0.444. The Morgan fingerprint density at radius 2 is 2.42 bits per heavy atom. The molecule has 1 rings (SSSR count). The predicted octanol–water partition coefficient (Wildman–Crippen LogP) is 1.40. The molecule has 0 radical (unpaired) electrons. The Bertz CT molecular complexity index is 238. The lowest BCUT2D eigenvalue weighted by atomic mass is 10.2. The number of hydrogen-bond donors (Lipinski definition) is 2. The molecule has 2 N–H and O–H groups in total. The third kappa shape index (κ3) is 2.20. The molecule has 1 aromatic heterocycles. The molecule has 3 heteroatoms. The molecular formula is C9H14N2O. The van der Waals surface area contributed by atoms with E-state index in [9.17, 15) is 0 Å². The number of pyridine rings is 1. The highest BCUT2D eigenvalue weighted by atomic mass is 16.3. The Morgan fingerprint density at radius 3 is 3.08 bits per heavy atom. The third-order valence-electron chi connectivity index (χ3n) is 1.60. The minimum atomic E-state index is 0.0416. The number of nitrogens with one attached hydrogen (secondary N) is 1. The minimum Gasteiger partial charge on any atom is -0.392 e.